The molecule has 112 valence electrons. The molecule has 0 fully saturated rings. The van der Waals surface area contributed by atoms with Gasteiger partial charge < -0.3 is 9.73 Å². The van der Waals surface area contributed by atoms with Gasteiger partial charge in [0, 0.05) is 18.5 Å². The van der Waals surface area contributed by atoms with Crippen molar-refractivity contribution in [3.63, 3.8) is 0 Å². The van der Waals surface area contributed by atoms with Crippen LogP contribution in [-0.4, -0.2) is 5.91 Å². The van der Waals surface area contributed by atoms with Crippen LogP contribution >= 0.6 is 11.6 Å². The summed E-state index contributed by atoms with van der Waals surface area (Å²) in [4.78, 5) is 11.7. The van der Waals surface area contributed by atoms with Crippen molar-refractivity contribution in [3.05, 3.63) is 52.9 Å². The maximum Gasteiger partial charge on any atom is 0.417 e. The van der Waals surface area contributed by atoms with Gasteiger partial charge in [-0.15, -0.1) is 0 Å². The molecule has 0 unspecified atom stereocenters. The van der Waals surface area contributed by atoms with Crippen molar-refractivity contribution in [2.45, 2.75) is 19.0 Å². The third kappa shape index (κ3) is 4.26. The fourth-order valence-electron chi connectivity index (χ4n) is 1.74. The van der Waals surface area contributed by atoms with E-state index in [0.717, 1.165) is 12.1 Å². The van der Waals surface area contributed by atoms with Crippen LogP contribution in [0, 0.1) is 0 Å². The Hall–Kier alpha value is -1.95. The Morgan fingerprint density at radius 3 is 2.62 bits per heavy atom. The summed E-state index contributed by atoms with van der Waals surface area (Å²) in [7, 11) is 0. The molecule has 2 aromatic rings. The van der Waals surface area contributed by atoms with E-state index in [2.05, 4.69) is 5.32 Å². The van der Waals surface area contributed by atoms with Crippen LogP contribution in [-0.2, 0) is 17.4 Å². The van der Waals surface area contributed by atoms with Gasteiger partial charge in [-0.2, -0.15) is 13.2 Å². The number of carbonyl (C=O) groups is 1. The Labute approximate surface area is 123 Å². The van der Waals surface area contributed by atoms with Crippen molar-refractivity contribution >= 4 is 23.2 Å². The van der Waals surface area contributed by atoms with Crippen LogP contribution in [0.5, 0.6) is 0 Å². The molecular weight excluding hydrogens is 307 g/mol. The molecule has 0 aliphatic rings. The van der Waals surface area contributed by atoms with E-state index in [1.807, 2.05) is 0 Å². The predicted octanol–water partition coefficient (Wildman–Crippen LogP) is 4.52. The lowest BCUT2D eigenvalue weighted by molar-refractivity contribution is -0.137. The zero-order valence-corrected chi connectivity index (χ0v) is 11.5. The van der Waals surface area contributed by atoms with Gasteiger partial charge in [0.15, 0.2) is 0 Å². The predicted molar refractivity (Wildman–Crippen MR) is 72.1 cm³/mol. The molecular formula is C14H11ClF3NO2. The zero-order chi connectivity index (χ0) is 15.5. The SMILES string of the molecule is O=C(CCc1ccco1)Nc1ccc(C(F)(F)F)c(Cl)c1. The van der Waals surface area contributed by atoms with Crippen LogP contribution in [0.1, 0.15) is 17.7 Å². The van der Waals surface area contributed by atoms with Crippen LogP contribution in [0.15, 0.2) is 41.0 Å². The summed E-state index contributed by atoms with van der Waals surface area (Å²) in [5, 5.41) is 2.04. The van der Waals surface area contributed by atoms with Crippen molar-refractivity contribution in [1.29, 1.82) is 0 Å². The molecule has 0 atom stereocenters. The highest BCUT2D eigenvalue weighted by atomic mass is 35.5. The highest BCUT2D eigenvalue weighted by Crippen LogP contribution is 2.35. The van der Waals surface area contributed by atoms with E-state index >= 15 is 0 Å². The highest BCUT2D eigenvalue weighted by molar-refractivity contribution is 6.31. The topological polar surface area (TPSA) is 42.2 Å². The third-order valence-corrected chi connectivity index (χ3v) is 3.05. The molecule has 7 heteroatoms. The second-order valence-electron chi connectivity index (χ2n) is 4.32. The van der Waals surface area contributed by atoms with Gasteiger partial charge in [0.25, 0.3) is 0 Å². The van der Waals surface area contributed by atoms with E-state index in [-0.39, 0.29) is 18.0 Å². The van der Waals surface area contributed by atoms with Crippen LogP contribution in [0.3, 0.4) is 0 Å². The Morgan fingerprint density at radius 2 is 2.05 bits per heavy atom. The summed E-state index contributed by atoms with van der Waals surface area (Å²) in [6.07, 6.45) is -2.44. The molecule has 0 aliphatic heterocycles. The summed E-state index contributed by atoms with van der Waals surface area (Å²) >= 11 is 5.57. The number of hydrogen-bond donors (Lipinski definition) is 1. The van der Waals surface area contributed by atoms with Gasteiger partial charge in [-0.05, 0) is 30.3 Å². The van der Waals surface area contributed by atoms with Crippen LogP contribution in [0.25, 0.3) is 0 Å². The maximum absolute atomic E-state index is 12.5. The number of hydrogen-bond acceptors (Lipinski definition) is 2. The van der Waals surface area contributed by atoms with Gasteiger partial charge in [0.2, 0.25) is 5.91 Å². The molecule has 1 aromatic heterocycles. The Balaban J connectivity index is 1.96. The number of nitrogens with one attached hydrogen (secondary N) is 1. The number of anilines is 1. The average molecular weight is 318 g/mol. The second-order valence-corrected chi connectivity index (χ2v) is 4.73. The van der Waals surface area contributed by atoms with Crippen LogP contribution in [0.4, 0.5) is 18.9 Å². The third-order valence-electron chi connectivity index (χ3n) is 2.74. The van der Waals surface area contributed by atoms with E-state index in [4.69, 9.17) is 16.0 Å². The molecule has 0 radical (unpaired) electrons. The van der Waals surface area contributed by atoms with Crippen molar-refractivity contribution in [3.8, 4) is 0 Å². The van der Waals surface area contributed by atoms with Gasteiger partial charge in [-0.25, -0.2) is 0 Å². The average Bonchev–Trinajstić information content (AvgIpc) is 2.88. The van der Waals surface area contributed by atoms with Gasteiger partial charge in [0.1, 0.15) is 5.76 Å². The minimum Gasteiger partial charge on any atom is -0.469 e. The summed E-state index contributed by atoms with van der Waals surface area (Å²) in [6, 6.07) is 6.53. The lowest BCUT2D eigenvalue weighted by Gasteiger charge is -2.11. The van der Waals surface area contributed by atoms with Crippen molar-refractivity contribution < 1.29 is 22.4 Å². The molecule has 3 nitrogen and oxygen atoms in total. The standard InChI is InChI=1S/C14H11ClF3NO2/c15-12-8-9(3-5-11(12)14(16,17)18)19-13(20)6-4-10-2-1-7-21-10/h1-3,5,7-8H,4,6H2,(H,19,20). The lowest BCUT2D eigenvalue weighted by Crippen LogP contribution is -2.13. The van der Waals surface area contributed by atoms with Crippen molar-refractivity contribution in [2.24, 2.45) is 0 Å². The smallest absolute Gasteiger partial charge is 0.417 e. The van der Waals surface area contributed by atoms with Crippen LogP contribution in [0.2, 0.25) is 5.02 Å². The number of rotatable bonds is 4. The van der Waals surface area contributed by atoms with Crippen LogP contribution < -0.4 is 5.32 Å². The minimum atomic E-state index is -4.51. The first kappa shape index (κ1) is 15.4. The molecule has 0 aliphatic carbocycles. The summed E-state index contributed by atoms with van der Waals surface area (Å²) < 4.78 is 42.7. The van der Waals surface area contributed by atoms with E-state index in [0.29, 0.717) is 12.2 Å². The molecule has 0 bridgehead atoms. The van der Waals surface area contributed by atoms with Gasteiger partial charge in [-0.1, -0.05) is 11.6 Å². The molecule has 1 aromatic carbocycles. The molecule has 1 heterocycles. The van der Waals surface area contributed by atoms with E-state index < -0.39 is 16.8 Å². The second kappa shape index (κ2) is 6.22. The molecule has 21 heavy (non-hydrogen) atoms. The fourth-order valence-corrected chi connectivity index (χ4v) is 2.03. The van der Waals surface area contributed by atoms with Crippen molar-refractivity contribution in [1.82, 2.24) is 0 Å². The number of benzene rings is 1. The molecule has 0 saturated carbocycles. The molecule has 0 spiro atoms. The summed E-state index contributed by atoms with van der Waals surface area (Å²) in [5.74, 6) is 0.331. The van der Waals surface area contributed by atoms with Crippen molar-refractivity contribution in [2.75, 3.05) is 5.32 Å². The van der Waals surface area contributed by atoms with Gasteiger partial charge in [-0.3, -0.25) is 4.79 Å². The monoisotopic (exact) mass is 317 g/mol. The van der Waals surface area contributed by atoms with Gasteiger partial charge in [0.05, 0.1) is 16.8 Å². The molecule has 0 saturated heterocycles. The zero-order valence-electron chi connectivity index (χ0n) is 10.7. The number of amides is 1. The Bertz CT molecular complexity index is 624. The highest BCUT2D eigenvalue weighted by Gasteiger charge is 2.33. The number of carbonyl (C=O) groups excluding carboxylic acids is 1. The first-order chi connectivity index (χ1) is 9.86. The maximum atomic E-state index is 12.5. The first-order valence-electron chi connectivity index (χ1n) is 6.05. The first-order valence-corrected chi connectivity index (χ1v) is 6.43. The minimum absolute atomic E-state index is 0.159. The lowest BCUT2D eigenvalue weighted by atomic mass is 10.2. The van der Waals surface area contributed by atoms with E-state index in [1.165, 1.54) is 12.3 Å². The Kier molecular flexibility index (Phi) is 4.57. The number of halogens is 4. The molecule has 2 rings (SSSR count). The van der Waals surface area contributed by atoms with E-state index in [1.54, 1.807) is 12.1 Å². The summed E-state index contributed by atoms with van der Waals surface area (Å²) in [5.41, 5.74) is -0.713. The van der Waals surface area contributed by atoms with E-state index in [9.17, 15) is 18.0 Å². The number of alkyl halides is 3. The van der Waals surface area contributed by atoms with Gasteiger partial charge >= 0.3 is 6.18 Å². The molecule has 1 N–H and O–H groups in total. The fraction of sp³-hybridized carbons (Fsp3) is 0.214. The number of aryl methyl sites for hydroxylation is 1. The number of furan rings is 1. The largest absolute Gasteiger partial charge is 0.469 e. The molecule has 1 amide bonds. The quantitative estimate of drug-likeness (QED) is 0.900. The Morgan fingerprint density at radius 1 is 1.29 bits per heavy atom. The summed E-state index contributed by atoms with van der Waals surface area (Å²) in [6.45, 7) is 0. The normalized spacial score (nSPS) is 11.4.